The van der Waals surface area contributed by atoms with E-state index in [4.69, 9.17) is 6.57 Å². The van der Waals surface area contributed by atoms with E-state index in [9.17, 15) is 14.0 Å². The first-order valence-electron chi connectivity index (χ1n) is 8.08. The number of amides is 1. The van der Waals surface area contributed by atoms with Crippen molar-refractivity contribution in [3.05, 3.63) is 47.1 Å². The predicted molar refractivity (Wildman–Crippen MR) is 93.3 cm³/mol. The highest BCUT2D eigenvalue weighted by atomic mass is 32.2. The first-order chi connectivity index (χ1) is 11.6. The second-order valence-electron chi connectivity index (χ2n) is 6.18. The largest absolute Gasteiger partial charge is 0.355 e. The molecule has 2 heterocycles. The zero-order valence-corrected chi connectivity index (χ0v) is 14.1. The fourth-order valence-electron chi connectivity index (χ4n) is 3.32. The van der Waals surface area contributed by atoms with Crippen molar-refractivity contribution in [2.24, 2.45) is 11.8 Å². The number of carbonyl (C=O) groups is 2. The fraction of sp³-hybridized carbons (Fsp3) is 0.444. The van der Waals surface area contributed by atoms with E-state index >= 15 is 0 Å². The number of halogens is 1. The Kier molecular flexibility index (Phi) is 5.10. The molecule has 0 aliphatic carbocycles. The van der Waals surface area contributed by atoms with Crippen LogP contribution in [0.5, 0.6) is 0 Å². The summed E-state index contributed by atoms with van der Waals surface area (Å²) in [4.78, 5) is 28.9. The van der Waals surface area contributed by atoms with Crippen molar-refractivity contribution in [1.29, 1.82) is 0 Å². The monoisotopic (exact) mass is 346 g/mol. The van der Waals surface area contributed by atoms with Gasteiger partial charge in [0, 0.05) is 12.5 Å². The molecule has 126 valence electrons. The molecule has 0 unspecified atom stereocenters. The fourth-order valence-corrected chi connectivity index (χ4v) is 5.58. The van der Waals surface area contributed by atoms with Gasteiger partial charge in [0.1, 0.15) is 5.82 Å². The molecule has 1 N–H and O–H groups in total. The average molecular weight is 346 g/mol. The molecule has 2 aliphatic rings. The van der Waals surface area contributed by atoms with Crippen LogP contribution < -0.4 is 5.32 Å². The van der Waals surface area contributed by atoms with E-state index in [1.807, 2.05) is 0 Å². The molecule has 0 spiro atoms. The number of rotatable bonds is 4. The predicted octanol–water partition coefficient (Wildman–Crippen LogP) is 2.41. The number of benzene rings is 1. The van der Waals surface area contributed by atoms with E-state index in [0.717, 1.165) is 29.9 Å². The van der Waals surface area contributed by atoms with Gasteiger partial charge >= 0.3 is 0 Å². The van der Waals surface area contributed by atoms with Crippen molar-refractivity contribution in [3.8, 4) is 0 Å². The van der Waals surface area contributed by atoms with Gasteiger partial charge in [-0.05, 0) is 48.5 Å². The molecular weight excluding hydrogens is 327 g/mol. The van der Waals surface area contributed by atoms with Gasteiger partial charge in [0.25, 0.3) is 4.99 Å². The Morgan fingerprint density at radius 3 is 2.58 bits per heavy atom. The Morgan fingerprint density at radius 2 is 1.96 bits per heavy atom. The van der Waals surface area contributed by atoms with Gasteiger partial charge < -0.3 is 10.1 Å². The number of Topliss-reactive ketones (excluding diaryl/α,β-unsaturated/α-hetero) is 1. The second kappa shape index (κ2) is 7.27. The van der Waals surface area contributed by atoms with Crippen LogP contribution in [-0.2, 0) is 16.0 Å². The van der Waals surface area contributed by atoms with Gasteiger partial charge in [-0.3, -0.25) is 4.79 Å². The molecule has 2 saturated heterocycles. The highest BCUT2D eigenvalue weighted by Crippen LogP contribution is 2.31. The second-order valence-corrected chi connectivity index (χ2v) is 8.37. The maximum Gasteiger partial charge on any atom is 0.255 e. The molecule has 2 aliphatic heterocycles. The summed E-state index contributed by atoms with van der Waals surface area (Å²) in [5, 5.41) is 2.75. The van der Waals surface area contributed by atoms with E-state index < -0.39 is 11.8 Å². The molecule has 2 fully saturated rings. The molecule has 6 heteroatoms. The summed E-state index contributed by atoms with van der Waals surface area (Å²) in [6.45, 7) is 7.70. The van der Waals surface area contributed by atoms with Crippen LogP contribution in [0.15, 0.2) is 24.3 Å². The van der Waals surface area contributed by atoms with Crippen LogP contribution in [0.3, 0.4) is 0 Å². The summed E-state index contributed by atoms with van der Waals surface area (Å²) in [5.74, 6) is 0.219. The molecule has 1 aromatic rings. The van der Waals surface area contributed by atoms with Crippen molar-refractivity contribution in [1.82, 2.24) is 5.32 Å². The minimum Gasteiger partial charge on any atom is -0.355 e. The lowest BCUT2D eigenvalue weighted by molar-refractivity contribution is -0.125. The first kappa shape index (κ1) is 16.8. The normalized spacial score (nSPS) is 23.8. The summed E-state index contributed by atoms with van der Waals surface area (Å²) in [5.41, 5.74) is 0.823. The third-order valence-corrected chi connectivity index (χ3v) is 7.04. The van der Waals surface area contributed by atoms with Gasteiger partial charge in [0.15, 0.2) is 5.78 Å². The third-order valence-electron chi connectivity index (χ3n) is 4.64. The van der Waals surface area contributed by atoms with Crippen LogP contribution in [0.1, 0.15) is 18.4 Å². The quantitative estimate of drug-likeness (QED) is 0.672. The van der Waals surface area contributed by atoms with Crippen LogP contribution in [0.25, 0.3) is 4.85 Å². The van der Waals surface area contributed by atoms with Gasteiger partial charge in [-0.25, -0.2) is 9.24 Å². The first-order valence-corrected chi connectivity index (χ1v) is 9.64. The smallest absolute Gasteiger partial charge is 0.255 e. The van der Waals surface area contributed by atoms with Crippen LogP contribution in [-0.4, -0.2) is 34.7 Å². The van der Waals surface area contributed by atoms with Crippen LogP contribution >= 0.6 is 10.5 Å². The topological polar surface area (TPSA) is 50.5 Å². The van der Waals surface area contributed by atoms with E-state index in [1.165, 1.54) is 12.1 Å². The van der Waals surface area contributed by atoms with Crippen molar-refractivity contribution >= 4 is 27.2 Å². The number of nitrogens with one attached hydrogen (secondary N) is 1. The number of carbonyl (C=O) groups excluding carboxylic acids is 2. The Hall–Kier alpha value is -2.00. The van der Waals surface area contributed by atoms with Crippen LogP contribution in [0, 0.1) is 24.2 Å². The number of hydrogen-bond acceptors (Lipinski definition) is 2. The van der Waals surface area contributed by atoms with Crippen molar-refractivity contribution in [2.45, 2.75) is 19.3 Å². The third kappa shape index (κ3) is 3.41. The summed E-state index contributed by atoms with van der Waals surface area (Å²) in [7, 11) is -0.243. The van der Waals surface area contributed by atoms with Gasteiger partial charge in [-0.15, -0.1) is 0 Å². The number of hydrogen-bond donors (Lipinski definition) is 1. The van der Waals surface area contributed by atoms with Gasteiger partial charge in [0.2, 0.25) is 5.91 Å². The van der Waals surface area contributed by atoms with Gasteiger partial charge in [0.05, 0.1) is 12.5 Å². The zero-order valence-electron chi connectivity index (χ0n) is 13.3. The van der Waals surface area contributed by atoms with Gasteiger partial charge in [-0.1, -0.05) is 12.1 Å². The molecular formula is C18H19FN2O2S. The summed E-state index contributed by atoms with van der Waals surface area (Å²) >= 11 is 0. The highest BCUT2D eigenvalue weighted by molar-refractivity contribution is 8.17. The maximum absolute atomic E-state index is 13.0. The summed E-state index contributed by atoms with van der Waals surface area (Å²) < 4.78 is 13.0. The standard InChI is InChI=1S/C18H19FN2O2S/c1-20-18(24-8-2-3-9-24)16(22)15-11-21-17(23)14(15)10-12-4-6-13(19)7-5-12/h4-7,14-15H,2-3,8-11H2,(H,21,23)/t14-,15+/m1/s1. The van der Waals surface area contributed by atoms with Crippen molar-refractivity contribution < 1.29 is 14.0 Å². The van der Waals surface area contributed by atoms with E-state index in [-0.39, 0.29) is 28.0 Å². The lowest BCUT2D eigenvalue weighted by Crippen LogP contribution is -2.30. The molecule has 1 aromatic carbocycles. The average Bonchev–Trinajstić information content (AvgIpc) is 3.21. The highest BCUT2D eigenvalue weighted by Gasteiger charge is 2.41. The maximum atomic E-state index is 13.0. The van der Waals surface area contributed by atoms with Crippen molar-refractivity contribution in [3.63, 3.8) is 0 Å². The molecule has 0 radical (unpaired) electrons. The molecule has 1 amide bonds. The SMILES string of the molecule is [C-]#[N+]C(C(=O)[C@H]1CNC(=O)[C@@H]1Cc1ccc(F)cc1)=S1CCCC1. The molecule has 4 nitrogen and oxygen atoms in total. The lowest BCUT2D eigenvalue weighted by atomic mass is 9.86. The van der Waals surface area contributed by atoms with E-state index in [1.54, 1.807) is 12.1 Å². The molecule has 3 rings (SSSR count). The Bertz CT molecular complexity index is 728. The number of ketones is 1. The van der Waals surface area contributed by atoms with Crippen molar-refractivity contribution in [2.75, 3.05) is 18.1 Å². The molecule has 2 atom stereocenters. The lowest BCUT2D eigenvalue weighted by Gasteiger charge is -2.16. The Labute approximate surface area is 143 Å². The Morgan fingerprint density at radius 1 is 1.29 bits per heavy atom. The molecule has 0 saturated carbocycles. The van der Waals surface area contributed by atoms with E-state index in [2.05, 4.69) is 10.2 Å². The Balaban J connectivity index is 1.82. The van der Waals surface area contributed by atoms with Gasteiger partial charge in [-0.2, -0.15) is 10.5 Å². The molecule has 0 bridgehead atoms. The van der Waals surface area contributed by atoms with E-state index in [0.29, 0.717) is 18.0 Å². The van der Waals surface area contributed by atoms with Crippen LogP contribution in [0.2, 0.25) is 0 Å². The minimum absolute atomic E-state index is 0.156. The molecule has 24 heavy (non-hydrogen) atoms. The number of nitrogens with zero attached hydrogens (tertiary/aromatic N) is 1. The minimum atomic E-state index is -0.486. The van der Waals surface area contributed by atoms with Crippen LogP contribution in [0.4, 0.5) is 4.39 Å². The molecule has 0 aromatic heterocycles. The summed E-state index contributed by atoms with van der Waals surface area (Å²) in [6.07, 6.45) is 2.52. The summed E-state index contributed by atoms with van der Waals surface area (Å²) in [6, 6.07) is 5.99. The zero-order chi connectivity index (χ0) is 17.1.